The third kappa shape index (κ3) is 9.65. The fourth-order valence-electron chi connectivity index (χ4n) is 3.97. The van der Waals surface area contributed by atoms with E-state index in [1.807, 2.05) is 54.6 Å². The van der Waals surface area contributed by atoms with Gasteiger partial charge in [-0.3, -0.25) is 14.6 Å². The zero-order chi connectivity index (χ0) is 26.7. The van der Waals surface area contributed by atoms with Gasteiger partial charge in [0.2, 0.25) is 5.91 Å². The number of pyridine rings is 1. The maximum Gasteiger partial charge on any atom is 0.224 e. The van der Waals surface area contributed by atoms with Crippen LogP contribution in [0, 0.1) is 5.92 Å². The average Bonchev–Trinajstić information content (AvgIpc) is 2.89. The number of nitrogens with one attached hydrogen (secondary N) is 1. The van der Waals surface area contributed by atoms with Gasteiger partial charge in [0.15, 0.2) is 15.6 Å². The zero-order valence-corrected chi connectivity index (χ0v) is 21.6. The normalized spacial score (nSPS) is 12.0. The Labute approximate surface area is 218 Å². The summed E-state index contributed by atoms with van der Waals surface area (Å²) in [5.74, 6) is -1.81. The molecule has 0 saturated heterocycles. The molecule has 1 aromatic heterocycles. The third-order valence-corrected chi connectivity index (χ3v) is 7.72. The molecule has 3 aromatic rings. The quantitative estimate of drug-likeness (QED) is 0.337. The minimum Gasteiger partial charge on any atom is -0.399 e. The van der Waals surface area contributed by atoms with Crippen molar-refractivity contribution in [2.24, 2.45) is 11.7 Å². The van der Waals surface area contributed by atoms with Gasteiger partial charge >= 0.3 is 0 Å². The van der Waals surface area contributed by atoms with Crippen LogP contribution in [-0.4, -0.2) is 37.4 Å². The van der Waals surface area contributed by atoms with Gasteiger partial charge in [-0.05, 0) is 47.6 Å². The number of nitrogens with two attached hydrogens (primary N) is 1. The molecule has 0 aliphatic carbocycles. The van der Waals surface area contributed by atoms with Crippen LogP contribution in [0.5, 0.6) is 0 Å². The number of sulfone groups is 1. The molecule has 1 amide bonds. The first-order chi connectivity index (χ1) is 17.7. The van der Waals surface area contributed by atoms with Crippen molar-refractivity contribution in [3.63, 3.8) is 0 Å². The molecule has 7 nitrogen and oxygen atoms in total. The number of aryl methyl sites for hydroxylation is 2. The van der Waals surface area contributed by atoms with E-state index in [-0.39, 0.29) is 30.3 Å². The summed E-state index contributed by atoms with van der Waals surface area (Å²) in [6.45, 7) is 3.56. The number of aromatic nitrogens is 1. The topological polar surface area (TPSA) is 119 Å². The van der Waals surface area contributed by atoms with Gasteiger partial charge in [0.1, 0.15) is 0 Å². The fourth-order valence-corrected chi connectivity index (χ4v) is 5.69. The molecule has 1 heterocycles. The monoisotopic (exact) mass is 519 g/mol. The van der Waals surface area contributed by atoms with Crippen LogP contribution in [0.15, 0.2) is 85.7 Å². The summed E-state index contributed by atoms with van der Waals surface area (Å²) in [6, 6.07) is 20.5. The van der Waals surface area contributed by atoms with Crippen molar-refractivity contribution in [1.29, 1.82) is 0 Å². The molecule has 0 fully saturated rings. The summed E-state index contributed by atoms with van der Waals surface area (Å²) >= 11 is 0. The second kappa shape index (κ2) is 13.5. The number of Topliss-reactive ketones (excluding diaryl/α,β-unsaturated/α-hetero) is 1. The molecular formula is C29H33N3O4S. The molecule has 194 valence electrons. The smallest absolute Gasteiger partial charge is 0.224 e. The van der Waals surface area contributed by atoms with Crippen LogP contribution in [0.25, 0.3) is 5.70 Å². The molecule has 0 bridgehead atoms. The predicted octanol–water partition coefficient (Wildman–Crippen LogP) is 3.49. The van der Waals surface area contributed by atoms with E-state index in [1.54, 1.807) is 18.3 Å². The van der Waals surface area contributed by atoms with Crippen LogP contribution < -0.4 is 11.1 Å². The van der Waals surface area contributed by atoms with E-state index in [0.29, 0.717) is 30.5 Å². The Bertz CT molecular complexity index is 1290. The van der Waals surface area contributed by atoms with E-state index in [2.05, 4.69) is 16.9 Å². The highest BCUT2D eigenvalue weighted by molar-refractivity contribution is 7.90. The first-order valence-corrected chi connectivity index (χ1v) is 14.0. The highest BCUT2D eigenvalue weighted by Crippen LogP contribution is 2.16. The maximum absolute atomic E-state index is 13.0. The van der Waals surface area contributed by atoms with Gasteiger partial charge in [0, 0.05) is 24.5 Å². The number of benzene rings is 2. The molecule has 0 aliphatic rings. The number of hydrogen-bond acceptors (Lipinski definition) is 6. The fraction of sp³-hybridized carbons (Fsp3) is 0.276. The lowest BCUT2D eigenvalue weighted by Gasteiger charge is -2.17. The Morgan fingerprint density at radius 2 is 1.59 bits per heavy atom. The molecular weight excluding hydrogens is 486 g/mol. The van der Waals surface area contributed by atoms with Crippen molar-refractivity contribution >= 4 is 27.2 Å². The van der Waals surface area contributed by atoms with Crippen LogP contribution >= 0.6 is 0 Å². The molecule has 0 unspecified atom stereocenters. The van der Waals surface area contributed by atoms with Crippen molar-refractivity contribution in [2.75, 3.05) is 12.3 Å². The average molecular weight is 520 g/mol. The zero-order valence-electron chi connectivity index (χ0n) is 20.8. The van der Waals surface area contributed by atoms with Crippen molar-refractivity contribution < 1.29 is 18.0 Å². The summed E-state index contributed by atoms with van der Waals surface area (Å²) < 4.78 is 25.8. The van der Waals surface area contributed by atoms with Crippen molar-refractivity contribution in [3.05, 3.63) is 108 Å². The lowest BCUT2D eigenvalue weighted by atomic mass is 10.00. The Morgan fingerprint density at radius 3 is 2.24 bits per heavy atom. The van der Waals surface area contributed by atoms with Gasteiger partial charge in [-0.1, -0.05) is 67.2 Å². The highest BCUT2D eigenvalue weighted by Gasteiger charge is 2.26. The minimum absolute atomic E-state index is 0.124. The molecule has 3 rings (SSSR count). The van der Waals surface area contributed by atoms with Crippen LogP contribution in [-0.2, 0) is 38.0 Å². The molecule has 8 heteroatoms. The van der Waals surface area contributed by atoms with Crippen LogP contribution in [0.2, 0.25) is 0 Å². The minimum atomic E-state index is -3.58. The lowest BCUT2D eigenvalue weighted by molar-refractivity contribution is -0.127. The molecule has 1 atom stereocenters. The second-order valence-corrected chi connectivity index (χ2v) is 11.2. The molecule has 3 N–H and O–H groups in total. The van der Waals surface area contributed by atoms with Gasteiger partial charge in [-0.25, -0.2) is 8.42 Å². The van der Waals surface area contributed by atoms with Gasteiger partial charge in [-0.2, -0.15) is 0 Å². The van der Waals surface area contributed by atoms with E-state index >= 15 is 0 Å². The first kappa shape index (κ1) is 27.8. The van der Waals surface area contributed by atoms with Crippen molar-refractivity contribution in [2.45, 2.75) is 31.4 Å². The molecule has 0 saturated carbocycles. The summed E-state index contributed by atoms with van der Waals surface area (Å²) in [5, 5.41) is 2.67. The summed E-state index contributed by atoms with van der Waals surface area (Å²) in [7, 11) is -3.58. The Kier molecular flexibility index (Phi) is 10.1. The largest absolute Gasteiger partial charge is 0.399 e. The number of ketones is 1. The molecule has 2 aromatic carbocycles. The van der Waals surface area contributed by atoms with Crippen LogP contribution in [0.1, 0.15) is 35.1 Å². The predicted molar refractivity (Wildman–Crippen MR) is 146 cm³/mol. The highest BCUT2D eigenvalue weighted by atomic mass is 32.2. The number of nitrogens with zero attached hydrogens (tertiary/aromatic N) is 1. The lowest BCUT2D eigenvalue weighted by Crippen LogP contribution is -2.38. The number of carbonyl (C=O) groups excluding carboxylic acids is 2. The van der Waals surface area contributed by atoms with E-state index < -0.39 is 21.7 Å². The maximum atomic E-state index is 13.0. The Morgan fingerprint density at radius 1 is 0.919 bits per heavy atom. The van der Waals surface area contributed by atoms with E-state index in [1.165, 1.54) is 6.20 Å². The van der Waals surface area contributed by atoms with Gasteiger partial charge < -0.3 is 11.1 Å². The molecule has 0 aliphatic heterocycles. The first-order valence-electron chi connectivity index (χ1n) is 12.2. The standard InChI is InChI=1S/C29H33N3O4S/c1-22(30)26-13-9-24(10-14-26)12-16-28(33)19-32-29(34)27(15-11-23-6-3-2-4-7-23)21-37(35,36)20-25-8-5-17-31-18-25/h2-10,13-14,17-18,27H,1,11-12,15-16,19-21,30H2,(H,32,34)/t27-/m0/s1. The second-order valence-electron chi connectivity index (χ2n) is 9.12. The Hall–Kier alpha value is -3.78. The SMILES string of the molecule is C=C(N)c1ccc(CCC(=O)CNC(=O)[C@@H](CCc2ccccc2)CS(=O)(=O)Cc2cccnc2)cc1. The molecule has 0 radical (unpaired) electrons. The van der Waals surface area contributed by atoms with Crippen molar-refractivity contribution in [3.8, 4) is 0 Å². The number of rotatable bonds is 14. The summed E-state index contributed by atoms with van der Waals surface area (Å²) in [5.41, 5.74) is 9.57. The van der Waals surface area contributed by atoms with Crippen LogP contribution in [0.4, 0.5) is 0 Å². The van der Waals surface area contributed by atoms with Gasteiger partial charge in [0.05, 0.1) is 24.0 Å². The van der Waals surface area contributed by atoms with Gasteiger partial charge in [0.25, 0.3) is 0 Å². The number of hydrogen-bond donors (Lipinski definition) is 2. The number of amides is 1. The van der Waals surface area contributed by atoms with Gasteiger partial charge in [-0.15, -0.1) is 0 Å². The van der Waals surface area contributed by atoms with Crippen LogP contribution in [0.3, 0.4) is 0 Å². The van der Waals surface area contributed by atoms with E-state index in [9.17, 15) is 18.0 Å². The number of carbonyl (C=O) groups is 2. The van der Waals surface area contributed by atoms with Crippen molar-refractivity contribution in [1.82, 2.24) is 10.3 Å². The van der Waals surface area contributed by atoms with E-state index in [4.69, 9.17) is 5.73 Å². The summed E-state index contributed by atoms with van der Waals surface area (Å²) in [4.78, 5) is 29.4. The summed E-state index contributed by atoms with van der Waals surface area (Å²) in [6.07, 6.45) is 4.79. The Balaban J connectivity index is 1.57. The third-order valence-electron chi connectivity index (χ3n) is 6.04. The van der Waals surface area contributed by atoms with E-state index in [0.717, 1.165) is 16.7 Å². The molecule has 0 spiro atoms. The molecule has 37 heavy (non-hydrogen) atoms.